The molecule has 4 nitrogen and oxygen atoms in total. The summed E-state index contributed by atoms with van der Waals surface area (Å²) in [4.78, 5) is 10.8. The molecule has 290 valence electrons. The molecule has 9 aromatic carbocycles. The van der Waals surface area contributed by atoms with Crippen LogP contribution in [0.5, 0.6) is 0 Å². The van der Waals surface area contributed by atoms with E-state index in [1.54, 1.807) is 0 Å². The average molecular weight is 791 g/mol. The summed E-state index contributed by atoms with van der Waals surface area (Å²) in [6.07, 6.45) is 0. The van der Waals surface area contributed by atoms with Crippen LogP contribution in [0.25, 0.3) is 111 Å². The van der Waals surface area contributed by atoms with Gasteiger partial charge in [0.2, 0.25) is 5.95 Å². The van der Waals surface area contributed by atoms with Crippen LogP contribution in [0.2, 0.25) is 0 Å². The lowest BCUT2D eigenvalue weighted by Gasteiger charge is -2.13. The number of nitrogens with zero attached hydrogens (tertiary/aromatic N) is 4. The molecular weight excluding hydrogens is 753 g/mol. The molecule has 4 heteroatoms. The first-order valence-corrected chi connectivity index (χ1v) is 21.1. The fourth-order valence-electron chi connectivity index (χ4n) is 9.18. The van der Waals surface area contributed by atoms with Crippen LogP contribution in [-0.4, -0.2) is 19.1 Å². The van der Waals surface area contributed by atoms with Crippen molar-refractivity contribution in [3.05, 3.63) is 231 Å². The van der Waals surface area contributed by atoms with E-state index in [1.165, 1.54) is 38.5 Å². The van der Waals surface area contributed by atoms with Gasteiger partial charge in [-0.1, -0.05) is 164 Å². The number of hydrogen-bond donors (Lipinski definition) is 0. The maximum Gasteiger partial charge on any atom is 0.235 e. The molecule has 0 N–H and O–H groups in total. The van der Waals surface area contributed by atoms with Crippen LogP contribution in [0, 0.1) is 0 Å². The van der Waals surface area contributed by atoms with Crippen molar-refractivity contribution in [3.8, 4) is 67.5 Å². The van der Waals surface area contributed by atoms with Gasteiger partial charge in [0.1, 0.15) is 0 Å². The van der Waals surface area contributed by atoms with Crippen molar-refractivity contribution in [1.82, 2.24) is 19.1 Å². The van der Waals surface area contributed by atoms with Gasteiger partial charge >= 0.3 is 0 Å². The minimum Gasteiger partial charge on any atom is -0.309 e. The summed E-state index contributed by atoms with van der Waals surface area (Å²) in [6, 6.07) is 82.1. The Morgan fingerprint density at radius 2 is 0.629 bits per heavy atom. The van der Waals surface area contributed by atoms with Gasteiger partial charge in [0.05, 0.1) is 33.5 Å². The molecule has 0 spiro atoms. The molecule has 0 amide bonds. The van der Waals surface area contributed by atoms with Crippen LogP contribution in [0.3, 0.4) is 0 Å². The average Bonchev–Trinajstić information content (AvgIpc) is 3.87. The van der Waals surface area contributed by atoms with Gasteiger partial charge in [-0.15, -0.1) is 0 Å². The maximum absolute atomic E-state index is 5.41. The Bertz CT molecular complexity index is 3520. The molecule has 0 aliphatic rings. The molecule has 0 radical (unpaired) electrons. The summed E-state index contributed by atoms with van der Waals surface area (Å²) in [5.41, 5.74) is 16.4. The third kappa shape index (κ3) is 6.08. The Morgan fingerprint density at radius 3 is 1.16 bits per heavy atom. The maximum atomic E-state index is 5.41. The molecular formula is C58H38N4. The first kappa shape index (κ1) is 35.6. The van der Waals surface area contributed by atoms with Gasteiger partial charge in [0.25, 0.3) is 0 Å². The van der Waals surface area contributed by atoms with Gasteiger partial charge in [-0.05, 0) is 100 Å². The molecule has 0 saturated heterocycles. The lowest BCUT2D eigenvalue weighted by molar-refractivity contribution is 0.996. The summed E-state index contributed by atoms with van der Waals surface area (Å²) >= 11 is 0. The number of benzene rings is 9. The molecule has 0 aliphatic carbocycles. The van der Waals surface area contributed by atoms with Gasteiger partial charge in [-0.2, -0.15) is 0 Å². The van der Waals surface area contributed by atoms with Gasteiger partial charge in [-0.25, -0.2) is 9.97 Å². The fraction of sp³-hybridized carbons (Fsp3) is 0. The molecule has 3 aromatic heterocycles. The van der Waals surface area contributed by atoms with E-state index in [-0.39, 0.29) is 0 Å². The van der Waals surface area contributed by atoms with Crippen LogP contribution in [-0.2, 0) is 0 Å². The lowest BCUT2D eigenvalue weighted by atomic mass is 9.99. The minimum absolute atomic E-state index is 0.627. The highest BCUT2D eigenvalue weighted by Crippen LogP contribution is 2.39. The molecule has 0 saturated carbocycles. The lowest BCUT2D eigenvalue weighted by Crippen LogP contribution is -2.04. The zero-order valence-electron chi connectivity index (χ0n) is 33.7. The van der Waals surface area contributed by atoms with E-state index in [1.807, 2.05) is 0 Å². The highest BCUT2D eigenvalue weighted by atomic mass is 15.2. The van der Waals surface area contributed by atoms with E-state index in [0.717, 1.165) is 66.7 Å². The standard InChI is InChI=1S/C58H38N4/c1-4-16-39(17-5-1)41-20-14-22-45(34-41)52-38-53(46-23-15-21-42(35-46)40-18-6-2-7-19-40)60-58(59-52)62-55-29-13-11-27-49(55)51-37-44(31-33-57(51)62)43-30-32-56-50(36-43)48-26-10-12-28-54(48)61(56)47-24-8-3-9-25-47/h1-38H. The van der Waals surface area contributed by atoms with Gasteiger partial charge in [0, 0.05) is 38.4 Å². The number of aromatic nitrogens is 4. The Morgan fingerprint density at radius 1 is 0.242 bits per heavy atom. The minimum atomic E-state index is 0.627. The second kappa shape index (κ2) is 14.7. The number of rotatable bonds is 7. The van der Waals surface area contributed by atoms with Crippen LogP contribution in [0.1, 0.15) is 0 Å². The highest BCUT2D eigenvalue weighted by molar-refractivity contribution is 6.12. The Balaban J connectivity index is 1.04. The van der Waals surface area contributed by atoms with Crippen molar-refractivity contribution in [2.24, 2.45) is 0 Å². The van der Waals surface area contributed by atoms with Crippen molar-refractivity contribution in [1.29, 1.82) is 0 Å². The normalized spacial score (nSPS) is 11.5. The molecule has 12 rings (SSSR count). The Labute approximate surface area is 359 Å². The van der Waals surface area contributed by atoms with E-state index in [9.17, 15) is 0 Å². The Kier molecular flexibility index (Phi) is 8.46. The van der Waals surface area contributed by atoms with Crippen LogP contribution in [0.4, 0.5) is 0 Å². The summed E-state index contributed by atoms with van der Waals surface area (Å²) in [5.74, 6) is 0.627. The Hall–Kier alpha value is -8.34. The monoisotopic (exact) mass is 790 g/mol. The summed E-state index contributed by atoms with van der Waals surface area (Å²) < 4.78 is 4.60. The van der Waals surface area contributed by atoms with E-state index in [2.05, 4.69) is 240 Å². The zero-order valence-corrected chi connectivity index (χ0v) is 33.7. The van der Waals surface area contributed by atoms with Gasteiger partial charge in [-0.3, -0.25) is 4.57 Å². The zero-order chi connectivity index (χ0) is 41.0. The van der Waals surface area contributed by atoms with Crippen molar-refractivity contribution >= 4 is 43.6 Å². The second-order valence-corrected chi connectivity index (χ2v) is 15.8. The molecule has 0 atom stereocenters. The smallest absolute Gasteiger partial charge is 0.235 e. The van der Waals surface area contributed by atoms with E-state index in [4.69, 9.17) is 9.97 Å². The van der Waals surface area contributed by atoms with Crippen LogP contribution >= 0.6 is 0 Å². The number of para-hydroxylation sites is 3. The van der Waals surface area contributed by atoms with E-state index < -0.39 is 0 Å². The topological polar surface area (TPSA) is 35.6 Å². The molecule has 3 heterocycles. The molecule has 0 aliphatic heterocycles. The highest BCUT2D eigenvalue weighted by Gasteiger charge is 2.19. The van der Waals surface area contributed by atoms with Crippen LogP contribution < -0.4 is 0 Å². The van der Waals surface area contributed by atoms with Crippen molar-refractivity contribution < 1.29 is 0 Å². The SMILES string of the molecule is c1ccc(-c2cccc(-c3cc(-c4cccc(-c5ccccc5)c4)nc(-n4c5ccccc5c5cc(-c6ccc7c(c6)c6ccccc6n7-c6ccccc6)ccc54)n3)c2)cc1. The van der Waals surface area contributed by atoms with E-state index in [0.29, 0.717) is 5.95 Å². The molecule has 0 unspecified atom stereocenters. The number of hydrogen-bond acceptors (Lipinski definition) is 2. The first-order valence-electron chi connectivity index (χ1n) is 21.1. The largest absolute Gasteiger partial charge is 0.309 e. The van der Waals surface area contributed by atoms with Gasteiger partial charge < -0.3 is 4.57 Å². The first-order chi connectivity index (χ1) is 30.7. The molecule has 12 aromatic rings. The third-order valence-electron chi connectivity index (χ3n) is 12.1. The summed E-state index contributed by atoms with van der Waals surface area (Å²) in [5, 5.41) is 4.77. The van der Waals surface area contributed by atoms with Crippen molar-refractivity contribution in [3.63, 3.8) is 0 Å². The predicted octanol–water partition coefficient (Wildman–Crippen LogP) is 15.0. The summed E-state index contributed by atoms with van der Waals surface area (Å²) in [6.45, 7) is 0. The molecule has 62 heavy (non-hydrogen) atoms. The van der Waals surface area contributed by atoms with E-state index >= 15 is 0 Å². The second-order valence-electron chi connectivity index (χ2n) is 15.8. The third-order valence-corrected chi connectivity index (χ3v) is 12.1. The summed E-state index contributed by atoms with van der Waals surface area (Å²) in [7, 11) is 0. The fourth-order valence-corrected chi connectivity index (χ4v) is 9.18. The quantitative estimate of drug-likeness (QED) is 0.161. The predicted molar refractivity (Wildman–Crippen MR) is 258 cm³/mol. The van der Waals surface area contributed by atoms with Crippen molar-refractivity contribution in [2.45, 2.75) is 0 Å². The molecule has 0 bridgehead atoms. The van der Waals surface area contributed by atoms with Crippen molar-refractivity contribution in [2.75, 3.05) is 0 Å². The van der Waals surface area contributed by atoms with Crippen LogP contribution in [0.15, 0.2) is 231 Å². The van der Waals surface area contributed by atoms with Gasteiger partial charge in [0.15, 0.2) is 0 Å². The molecule has 0 fully saturated rings. The number of fused-ring (bicyclic) bond motifs is 6.